The third-order valence-corrected chi connectivity index (χ3v) is 1.82. The van der Waals surface area contributed by atoms with Gasteiger partial charge in [0, 0.05) is 10.7 Å². The summed E-state index contributed by atoms with van der Waals surface area (Å²) in [5.74, 6) is 5.81. The molecule has 0 saturated carbocycles. The molecule has 3 nitrogen and oxygen atoms in total. The van der Waals surface area contributed by atoms with Gasteiger partial charge in [0.25, 0.3) is 0 Å². The van der Waals surface area contributed by atoms with Gasteiger partial charge in [-0.3, -0.25) is 0 Å². The number of nitrogens with zero attached hydrogens (tertiary/aromatic N) is 1. The molecule has 0 aromatic carbocycles. The standard InChI is InChI=1S/C10H11BrN2O/c1-10(2,14)4-3-7-5-8(11)6-13-9(7)12/h5-6,14H,1-2H3,(H2,12,13). The summed E-state index contributed by atoms with van der Waals surface area (Å²) in [5.41, 5.74) is 5.20. The molecule has 0 aliphatic carbocycles. The van der Waals surface area contributed by atoms with E-state index in [-0.39, 0.29) is 0 Å². The first-order valence-corrected chi connectivity index (χ1v) is 4.84. The van der Waals surface area contributed by atoms with Crippen molar-refractivity contribution < 1.29 is 5.11 Å². The number of aromatic nitrogens is 1. The lowest BCUT2D eigenvalue weighted by atomic mass is 10.1. The van der Waals surface area contributed by atoms with E-state index < -0.39 is 5.60 Å². The molecule has 3 N–H and O–H groups in total. The molecule has 1 aromatic rings. The van der Waals surface area contributed by atoms with E-state index in [2.05, 4.69) is 32.8 Å². The maximum atomic E-state index is 9.39. The highest BCUT2D eigenvalue weighted by atomic mass is 79.9. The summed E-state index contributed by atoms with van der Waals surface area (Å²) < 4.78 is 0.812. The van der Waals surface area contributed by atoms with Gasteiger partial charge in [-0.1, -0.05) is 11.8 Å². The Kier molecular flexibility index (Phi) is 3.14. The molecule has 0 saturated heterocycles. The molecule has 0 aliphatic heterocycles. The lowest BCUT2D eigenvalue weighted by molar-refractivity contribution is 0.143. The van der Waals surface area contributed by atoms with Crippen LogP contribution in [0.15, 0.2) is 16.7 Å². The van der Waals surface area contributed by atoms with Gasteiger partial charge >= 0.3 is 0 Å². The summed E-state index contributed by atoms with van der Waals surface area (Å²) in [4.78, 5) is 3.93. The van der Waals surface area contributed by atoms with Gasteiger partial charge in [0.05, 0.1) is 5.56 Å². The largest absolute Gasteiger partial charge is 0.383 e. The van der Waals surface area contributed by atoms with Crippen LogP contribution in [-0.2, 0) is 0 Å². The second kappa shape index (κ2) is 3.99. The topological polar surface area (TPSA) is 59.1 Å². The fraction of sp³-hybridized carbons (Fsp3) is 0.300. The Hall–Kier alpha value is -1.05. The van der Waals surface area contributed by atoms with Crippen LogP contribution in [0.25, 0.3) is 0 Å². The van der Waals surface area contributed by atoms with E-state index >= 15 is 0 Å². The monoisotopic (exact) mass is 254 g/mol. The average molecular weight is 255 g/mol. The Balaban J connectivity index is 3.06. The minimum atomic E-state index is -1.02. The molecule has 74 valence electrons. The fourth-order valence-electron chi connectivity index (χ4n) is 0.770. The minimum absolute atomic E-state index is 0.366. The fourth-order valence-corrected chi connectivity index (χ4v) is 1.10. The number of anilines is 1. The number of hydrogen-bond donors (Lipinski definition) is 2. The number of rotatable bonds is 0. The van der Waals surface area contributed by atoms with Crippen molar-refractivity contribution in [1.82, 2.24) is 4.98 Å². The van der Waals surface area contributed by atoms with Crippen molar-refractivity contribution in [2.45, 2.75) is 19.4 Å². The first kappa shape index (κ1) is 11.0. The van der Waals surface area contributed by atoms with E-state index in [1.807, 2.05) is 0 Å². The summed E-state index contributed by atoms with van der Waals surface area (Å²) in [6, 6.07) is 1.76. The summed E-state index contributed by atoms with van der Waals surface area (Å²) in [5, 5.41) is 9.39. The SMILES string of the molecule is CC(C)(O)C#Cc1cc(Br)cnc1N. The van der Waals surface area contributed by atoms with E-state index in [1.54, 1.807) is 26.1 Å². The maximum Gasteiger partial charge on any atom is 0.139 e. The number of nitrogens with two attached hydrogens (primary N) is 1. The van der Waals surface area contributed by atoms with Crippen LogP contribution in [0.3, 0.4) is 0 Å². The molecule has 0 radical (unpaired) electrons. The Bertz CT molecular complexity index is 399. The zero-order chi connectivity index (χ0) is 10.8. The van der Waals surface area contributed by atoms with Gasteiger partial charge in [0.1, 0.15) is 11.4 Å². The van der Waals surface area contributed by atoms with Gasteiger partial charge in [0.15, 0.2) is 0 Å². The predicted octanol–water partition coefficient (Wildman–Crippen LogP) is 1.55. The highest BCUT2D eigenvalue weighted by Crippen LogP contribution is 2.14. The zero-order valence-electron chi connectivity index (χ0n) is 8.00. The summed E-state index contributed by atoms with van der Waals surface area (Å²) in [6.45, 7) is 3.23. The van der Waals surface area contributed by atoms with Gasteiger partial charge in [0.2, 0.25) is 0 Å². The molecule has 0 atom stereocenters. The highest BCUT2D eigenvalue weighted by Gasteiger charge is 2.06. The van der Waals surface area contributed by atoms with Crippen LogP contribution < -0.4 is 5.73 Å². The third-order valence-electron chi connectivity index (χ3n) is 1.39. The van der Waals surface area contributed by atoms with E-state index in [0.717, 1.165) is 4.47 Å². The van der Waals surface area contributed by atoms with Crippen molar-refractivity contribution in [2.75, 3.05) is 5.73 Å². The van der Waals surface area contributed by atoms with Crippen molar-refractivity contribution in [1.29, 1.82) is 0 Å². The molecule has 14 heavy (non-hydrogen) atoms. The van der Waals surface area contributed by atoms with Crippen LogP contribution in [0, 0.1) is 11.8 Å². The number of pyridine rings is 1. The van der Waals surface area contributed by atoms with Crippen molar-refractivity contribution in [2.24, 2.45) is 0 Å². The molecule has 0 unspecified atom stereocenters. The first-order valence-electron chi connectivity index (χ1n) is 4.05. The molecule has 0 fully saturated rings. The van der Waals surface area contributed by atoms with Crippen molar-refractivity contribution in [3.05, 3.63) is 22.3 Å². The molecule has 0 spiro atoms. The second-order valence-corrected chi connectivity index (χ2v) is 4.31. The summed E-state index contributed by atoms with van der Waals surface area (Å²) in [7, 11) is 0. The van der Waals surface area contributed by atoms with E-state index in [9.17, 15) is 5.11 Å². The number of halogens is 1. The molecule has 0 aliphatic rings. The number of nitrogen functional groups attached to an aromatic ring is 1. The lowest BCUT2D eigenvalue weighted by Crippen LogP contribution is -2.14. The van der Waals surface area contributed by atoms with Crippen LogP contribution in [-0.4, -0.2) is 15.7 Å². The molecule has 1 heterocycles. The van der Waals surface area contributed by atoms with Crippen LogP contribution in [0.2, 0.25) is 0 Å². The molecule has 1 aromatic heterocycles. The molecular weight excluding hydrogens is 244 g/mol. The van der Waals surface area contributed by atoms with Gasteiger partial charge in [-0.2, -0.15) is 0 Å². The third kappa shape index (κ3) is 3.36. The molecule has 4 heteroatoms. The minimum Gasteiger partial charge on any atom is -0.383 e. The molecule has 0 amide bonds. The van der Waals surface area contributed by atoms with Crippen molar-refractivity contribution >= 4 is 21.7 Å². The normalized spacial score (nSPS) is 10.6. The van der Waals surface area contributed by atoms with Gasteiger partial charge < -0.3 is 10.8 Å². The van der Waals surface area contributed by atoms with Crippen LogP contribution in [0.1, 0.15) is 19.4 Å². The highest BCUT2D eigenvalue weighted by molar-refractivity contribution is 9.10. The second-order valence-electron chi connectivity index (χ2n) is 3.40. The maximum absolute atomic E-state index is 9.39. The Morgan fingerprint density at radius 3 is 2.79 bits per heavy atom. The van der Waals surface area contributed by atoms with Crippen LogP contribution >= 0.6 is 15.9 Å². The quantitative estimate of drug-likeness (QED) is 0.691. The van der Waals surface area contributed by atoms with Crippen LogP contribution in [0.4, 0.5) is 5.82 Å². The van der Waals surface area contributed by atoms with Crippen LogP contribution in [0.5, 0.6) is 0 Å². The van der Waals surface area contributed by atoms with Crippen molar-refractivity contribution in [3.63, 3.8) is 0 Å². The van der Waals surface area contributed by atoms with E-state index in [1.165, 1.54) is 0 Å². The summed E-state index contributed by atoms with van der Waals surface area (Å²) in [6.07, 6.45) is 1.60. The van der Waals surface area contributed by atoms with Gasteiger partial charge in [-0.05, 0) is 35.8 Å². The Labute approximate surface area is 91.5 Å². The van der Waals surface area contributed by atoms with E-state index in [4.69, 9.17) is 5.73 Å². The van der Waals surface area contributed by atoms with E-state index in [0.29, 0.717) is 11.4 Å². The predicted molar refractivity (Wildman–Crippen MR) is 59.5 cm³/mol. The van der Waals surface area contributed by atoms with Gasteiger partial charge in [-0.15, -0.1) is 0 Å². The Morgan fingerprint density at radius 2 is 2.21 bits per heavy atom. The first-order chi connectivity index (χ1) is 6.38. The number of aliphatic hydroxyl groups is 1. The lowest BCUT2D eigenvalue weighted by Gasteiger charge is -2.06. The summed E-state index contributed by atoms with van der Waals surface area (Å²) >= 11 is 3.27. The molecular formula is C10H11BrN2O. The number of hydrogen-bond acceptors (Lipinski definition) is 3. The Morgan fingerprint density at radius 1 is 1.57 bits per heavy atom. The molecule has 0 bridgehead atoms. The smallest absolute Gasteiger partial charge is 0.139 e. The zero-order valence-corrected chi connectivity index (χ0v) is 9.59. The van der Waals surface area contributed by atoms with Gasteiger partial charge in [-0.25, -0.2) is 4.98 Å². The average Bonchev–Trinajstić information content (AvgIpc) is 2.05. The molecule has 1 rings (SSSR count). The van der Waals surface area contributed by atoms with Crippen molar-refractivity contribution in [3.8, 4) is 11.8 Å².